The molecule has 0 radical (unpaired) electrons. The van der Waals surface area contributed by atoms with Gasteiger partial charge in [0.25, 0.3) is 0 Å². The van der Waals surface area contributed by atoms with Crippen molar-refractivity contribution >= 4 is 71.3 Å². The van der Waals surface area contributed by atoms with E-state index in [1.807, 2.05) is 71.6 Å². The van der Waals surface area contributed by atoms with Gasteiger partial charge in [0.15, 0.2) is 0 Å². The van der Waals surface area contributed by atoms with Gasteiger partial charge >= 0.3 is 0 Å². The molecule has 3 nitrogen and oxygen atoms in total. The number of hydrogen-bond donors (Lipinski definition) is 0. The lowest BCUT2D eigenvalue weighted by atomic mass is 9.82. The molecule has 0 saturated carbocycles. The Kier molecular flexibility index (Phi) is 5.49. The van der Waals surface area contributed by atoms with Gasteiger partial charge < -0.3 is 9.32 Å². The Balaban J connectivity index is 1.14. The maximum atomic E-state index is 10.2. The van der Waals surface area contributed by atoms with Crippen molar-refractivity contribution in [2.24, 2.45) is 0 Å². The van der Waals surface area contributed by atoms with E-state index in [0.717, 1.165) is 55.8 Å². The summed E-state index contributed by atoms with van der Waals surface area (Å²) in [5.41, 5.74) is 8.47. The molecule has 9 aromatic carbocycles. The third kappa shape index (κ3) is 5.45. The van der Waals surface area contributed by atoms with Crippen LogP contribution in [0.4, 0.5) is 17.1 Å². The van der Waals surface area contributed by atoms with Crippen molar-refractivity contribution in [1.82, 2.24) is 4.98 Å². The molecule has 0 aliphatic heterocycles. The van der Waals surface area contributed by atoms with Gasteiger partial charge in [0.1, 0.15) is 16.2 Å². The molecule has 0 N–H and O–H groups in total. The van der Waals surface area contributed by atoms with E-state index in [1.54, 1.807) is 0 Å². The van der Waals surface area contributed by atoms with Crippen LogP contribution >= 0.6 is 11.3 Å². The minimum atomic E-state index is -0.567. The molecule has 0 saturated heterocycles. The van der Waals surface area contributed by atoms with Gasteiger partial charge in [0.2, 0.25) is 0 Å². The smallest absolute Gasteiger partial charge is 0.138 e. The van der Waals surface area contributed by atoms with Gasteiger partial charge in [-0.1, -0.05) is 147 Å². The van der Waals surface area contributed by atoms with E-state index < -0.39 is 59.8 Å². The predicted molar refractivity (Wildman–Crippen MR) is 253 cm³/mol. The number of fused-ring (bicyclic) bond motifs is 9. The van der Waals surface area contributed by atoms with Crippen LogP contribution in [0.25, 0.3) is 86.9 Å². The second-order valence-electron chi connectivity index (χ2n) is 15.4. The molecule has 12 rings (SSSR count). The maximum Gasteiger partial charge on any atom is 0.138 e. The molecule has 60 heavy (non-hydrogen) atoms. The summed E-state index contributed by atoms with van der Waals surface area (Å²) in [4.78, 5) is 6.31. The van der Waals surface area contributed by atoms with Gasteiger partial charge in [-0.2, -0.15) is 0 Å². The van der Waals surface area contributed by atoms with Crippen LogP contribution in [0, 0.1) is 0 Å². The number of aromatic nitrogens is 1. The van der Waals surface area contributed by atoms with Crippen LogP contribution in [0.1, 0.15) is 41.4 Å². The van der Waals surface area contributed by atoms with E-state index in [1.165, 1.54) is 0 Å². The second kappa shape index (κ2) is 13.4. The highest BCUT2D eigenvalue weighted by molar-refractivity contribution is 7.21. The average Bonchev–Trinajstić information content (AvgIpc) is 4.09. The Hall–Kier alpha value is -7.27. The van der Waals surface area contributed by atoms with Crippen molar-refractivity contribution in [3.8, 4) is 44.0 Å². The molecule has 0 amide bonds. The molecule has 2 aromatic heterocycles. The van der Waals surface area contributed by atoms with Crippen molar-refractivity contribution in [1.29, 1.82) is 0 Å². The number of benzene rings is 9. The van der Waals surface area contributed by atoms with Gasteiger partial charge in [-0.05, 0) is 104 Å². The van der Waals surface area contributed by atoms with E-state index in [0.29, 0.717) is 11.4 Å². The van der Waals surface area contributed by atoms with Crippen LogP contribution in [-0.2, 0) is 5.41 Å². The summed E-state index contributed by atoms with van der Waals surface area (Å²) in [6, 6.07) is 35.0. The van der Waals surface area contributed by atoms with Gasteiger partial charge in [-0.25, -0.2) is 4.98 Å². The highest BCUT2D eigenvalue weighted by Crippen LogP contribution is 2.52. The minimum Gasteiger partial charge on any atom is -0.456 e. The first kappa shape index (κ1) is 24.6. The zero-order valence-electron chi connectivity index (χ0n) is 44.3. The largest absolute Gasteiger partial charge is 0.456 e. The summed E-state index contributed by atoms with van der Waals surface area (Å²) >= 11 is 0.848. The fraction of sp³-hybridized carbons (Fsp3) is 0.0536. The molecule has 1 aliphatic carbocycles. The van der Waals surface area contributed by atoms with E-state index >= 15 is 0 Å². The molecule has 0 fully saturated rings. The Labute approximate surface area is 369 Å². The molecular formula is C56H38N2OS. The predicted octanol–water partition coefficient (Wildman–Crippen LogP) is 16.1. The molecule has 0 unspecified atom stereocenters. The summed E-state index contributed by atoms with van der Waals surface area (Å²) in [5.74, 6) is 0. The number of thiazole rings is 1. The first-order chi connectivity index (χ1) is 34.5. The van der Waals surface area contributed by atoms with Gasteiger partial charge in [0, 0.05) is 44.6 Å². The number of para-hydroxylation sites is 1. The number of rotatable bonds is 6. The first-order valence-corrected chi connectivity index (χ1v) is 20.4. The van der Waals surface area contributed by atoms with Crippen LogP contribution in [0.15, 0.2) is 198 Å². The first-order valence-electron chi connectivity index (χ1n) is 25.6. The monoisotopic (exact) mass is 798 g/mol. The number of anilines is 3. The van der Waals surface area contributed by atoms with Crippen LogP contribution in [-0.4, -0.2) is 4.98 Å². The minimum absolute atomic E-state index is 0.0193. The quantitative estimate of drug-likeness (QED) is 0.168. The summed E-state index contributed by atoms with van der Waals surface area (Å²) in [7, 11) is 0. The van der Waals surface area contributed by atoms with Gasteiger partial charge in [0.05, 0.1) is 32.4 Å². The van der Waals surface area contributed by atoms with Gasteiger partial charge in [-0.15, -0.1) is 11.3 Å². The molecule has 0 atom stereocenters. The normalized spacial score (nSPS) is 15.8. The lowest BCUT2D eigenvalue weighted by molar-refractivity contribution is 0.660. The molecule has 0 spiro atoms. The number of hydrogen-bond acceptors (Lipinski definition) is 4. The standard InChI is InChI=1S/C56H38N2OS/c1-56(2)47-17-9-8-14-42(47)43-30-29-41(33-48(43)56)58(40-27-24-38(25-28-40)37-22-20-36(21-23-37)35-12-4-3-5-13-35)50-34-52-54(45-16-7-6-15-44(45)50)46-32-39(26-31-51(46)59-52)55-57-49-18-10-11-19-53(49)60-55/h3-34H,1-2H3/i6D,7D,10D,11D,15D,16D,18D,19D,26D,31D,32D,34D. The topological polar surface area (TPSA) is 29.3 Å². The molecule has 2 heterocycles. The highest BCUT2D eigenvalue weighted by atomic mass is 32.1. The van der Waals surface area contributed by atoms with E-state index in [2.05, 4.69) is 73.4 Å². The van der Waals surface area contributed by atoms with E-state index in [4.69, 9.17) is 12.6 Å². The summed E-state index contributed by atoms with van der Waals surface area (Å²) in [6.45, 7) is 4.31. The van der Waals surface area contributed by atoms with Gasteiger partial charge in [-0.3, -0.25) is 0 Å². The fourth-order valence-electron chi connectivity index (χ4n) is 8.67. The van der Waals surface area contributed by atoms with Crippen LogP contribution in [0.3, 0.4) is 0 Å². The zero-order valence-corrected chi connectivity index (χ0v) is 33.1. The Morgan fingerprint density at radius 1 is 0.550 bits per heavy atom. The highest BCUT2D eigenvalue weighted by Gasteiger charge is 2.36. The Bertz CT molecular complexity index is 4110. The third-order valence-corrected chi connectivity index (χ3v) is 12.6. The SMILES string of the molecule is [2H]c1c([2H])c([2H])c2sc(-c3c([2H])c([2H])c4oc5c([2H])c(N(c6ccc(-c7ccc(-c8ccccc8)cc7)cc6)c6ccc7c(c6)C(C)(C)c6ccccc6-7)c6c([2H])c([2H])c([2H])c([2H])c6c5c4c3[2H])nc2c1[2H]. The van der Waals surface area contributed by atoms with Crippen LogP contribution in [0.2, 0.25) is 0 Å². The average molecular weight is 799 g/mol. The van der Waals surface area contributed by atoms with Crippen molar-refractivity contribution in [3.63, 3.8) is 0 Å². The molecule has 284 valence electrons. The number of furan rings is 1. The van der Waals surface area contributed by atoms with E-state index in [-0.39, 0.29) is 77.3 Å². The lowest BCUT2D eigenvalue weighted by Crippen LogP contribution is -2.16. The number of nitrogens with zero attached hydrogens (tertiary/aromatic N) is 2. The summed E-state index contributed by atoms with van der Waals surface area (Å²) in [6.07, 6.45) is 0. The Morgan fingerprint density at radius 3 is 2.00 bits per heavy atom. The lowest BCUT2D eigenvalue weighted by Gasteiger charge is -2.29. The zero-order chi connectivity index (χ0) is 50.4. The van der Waals surface area contributed by atoms with Crippen molar-refractivity contribution in [2.75, 3.05) is 4.90 Å². The van der Waals surface area contributed by atoms with E-state index in [9.17, 15) is 8.22 Å². The fourth-order valence-corrected chi connectivity index (χ4v) is 9.49. The maximum absolute atomic E-state index is 10.2. The van der Waals surface area contributed by atoms with Crippen LogP contribution in [0.5, 0.6) is 0 Å². The molecule has 0 bridgehead atoms. The van der Waals surface area contributed by atoms with Crippen molar-refractivity contribution in [3.05, 3.63) is 205 Å². The van der Waals surface area contributed by atoms with Crippen molar-refractivity contribution < 1.29 is 20.9 Å². The molecule has 4 heteroatoms. The molecule has 11 aromatic rings. The molecular weight excluding hydrogens is 749 g/mol. The van der Waals surface area contributed by atoms with Crippen molar-refractivity contribution in [2.45, 2.75) is 19.3 Å². The Morgan fingerprint density at radius 2 is 1.20 bits per heavy atom. The van der Waals surface area contributed by atoms with Crippen LogP contribution < -0.4 is 4.90 Å². The second-order valence-corrected chi connectivity index (χ2v) is 16.4. The summed E-state index contributed by atoms with van der Waals surface area (Å²) in [5, 5.41) is -0.216. The third-order valence-electron chi connectivity index (χ3n) is 11.6. The summed E-state index contributed by atoms with van der Waals surface area (Å²) < 4.78 is 116. The molecule has 1 aliphatic rings.